The summed E-state index contributed by atoms with van der Waals surface area (Å²) in [5, 5.41) is 12.7. The van der Waals surface area contributed by atoms with Crippen LogP contribution in [0.4, 0.5) is 0 Å². The topological polar surface area (TPSA) is 69.0 Å². The molecule has 0 saturated carbocycles. The Bertz CT molecular complexity index is 754. The third kappa shape index (κ3) is 2.27. The van der Waals surface area contributed by atoms with Crippen LogP contribution in [0.15, 0.2) is 30.5 Å². The minimum atomic E-state index is -0.173. The number of allylic oxidation sites excluding steroid dienone is 1. The number of rotatable bonds is 2. The fraction of sp³-hybridized carbons (Fsp3) is 0.0769. The van der Waals surface area contributed by atoms with Crippen molar-refractivity contribution in [3.63, 3.8) is 0 Å². The van der Waals surface area contributed by atoms with Crippen LogP contribution < -0.4 is 5.32 Å². The fourth-order valence-electron chi connectivity index (χ4n) is 1.84. The quantitative estimate of drug-likeness (QED) is 0.677. The number of hydrogen-bond donors (Lipinski definition) is 1. The van der Waals surface area contributed by atoms with E-state index in [1.54, 1.807) is 11.1 Å². The van der Waals surface area contributed by atoms with Crippen molar-refractivity contribution in [2.75, 3.05) is 6.54 Å². The van der Waals surface area contributed by atoms with E-state index in [9.17, 15) is 10.1 Å². The van der Waals surface area contributed by atoms with Crippen LogP contribution in [-0.2, 0) is 4.79 Å². The first-order chi connectivity index (χ1) is 9.67. The van der Waals surface area contributed by atoms with Crippen LogP contribution in [0.1, 0.15) is 5.01 Å². The van der Waals surface area contributed by atoms with Gasteiger partial charge in [-0.05, 0) is 24.4 Å². The van der Waals surface area contributed by atoms with Gasteiger partial charge in [0.2, 0.25) is 5.91 Å². The van der Waals surface area contributed by atoms with Gasteiger partial charge in [0, 0.05) is 6.20 Å². The van der Waals surface area contributed by atoms with Crippen molar-refractivity contribution >= 4 is 50.4 Å². The predicted octanol–water partition coefficient (Wildman–Crippen LogP) is 1.88. The first kappa shape index (κ1) is 12.7. The molecular weight excluding hydrogens is 292 g/mol. The summed E-state index contributed by atoms with van der Waals surface area (Å²) in [4.78, 5) is 17.2. The number of fused-ring (bicyclic) bond motifs is 1. The van der Waals surface area contributed by atoms with Gasteiger partial charge in [0.1, 0.15) is 23.2 Å². The average Bonchev–Trinajstić information content (AvgIpc) is 2.99. The summed E-state index contributed by atoms with van der Waals surface area (Å²) in [7, 11) is 0. The number of para-hydroxylation sites is 1. The Morgan fingerprint density at radius 2 is 2.35 bits per heavy atom. The number of thiazole rings is 1. The van der Waals surface area contributed by atoms with Gasteiger partial charge in [0.25, 0.3) is 0 Å². The molecule has 5 nitrogen and oxygen atoms in total. The van der Waals surface area contributed by atoms with Gasteiger partial charge in [-0.25, -0.2) is 4.98 Å². The zero-order chi connectivity index (χ0) is 14.1. The number of thiocarbonyl (C=S) groups is 1. The molecule has 1 aromatic carbocycles. The molecule has 0 spiro atoms. The van der Waals surface area contributed by atoms with E-state index in [2.05, 4.69) is 16.4 Å². The number of hydrogen-bond acceptors (Lipinski definition) is 5. The highest BCUT2D eigenvalue weighted by Gasteiger charge is 2.22. The number of aromatic nitrogens is 1. The monoisotopic (exact) mass is 300 g/mol. The van der Waals surface area contributed by atoms with E-state index < -0.39 is 0 Å². The molecule has 1 aliphatic heterocycles. The van der Waals surface area contributed by atoms with E-state index in [1.165, 1.54) is 11.3 Å². The second kappa shape index (κ2) is 5.00. The summed E-state index contributed by atoms with van der Waals surface area (Å²) < 4.78 is 1.02. The van der Waals surface area contributed by atoms with Gasteiger partial charge in [-0.1, -0.05) is 12.1 Å². The molecule has 7 heteroatoms. The number of carbonyl (C=O) groups excluding carboxylic acids is 1. The van der Waals surface area contributed by atoms with E-state index in [-0.39, 0.29) is 12.5 Å². The molecule has 0 aliphatic carbocycles. The number of nitriles is 1. The average molecular weight is 300 g/mol. The van der Waals surface area contributed by atoms with E-state index in [4.69, 9.17) is 12.2 Å². The van der Waals surface area contributed by atoms with E-state index in [0.717, 1.165) is 10.2 Å². The van der Waals surface area contributed by atoms with Gasteiger partial charge in [0.15, 0.2) is 5.11 Å². The van der Waals surface area contributed by atoms with Gasteiger partial charge in [-0.3, -0.25) is 4.79 Å². The van der Waals surface area contributed by atoms with Crippen LogP contribution in [0.2, 0.25) is 0 Å². The maximum Gasteiger partial charge on any atom is 0.246 e. The fourth-order valence-corrected chi connectivity index (χ4v) is 2.99. The Labute approximate surface area is 124 Å². The van der Waals surface area contributed by atoms with Crippen molar-refractivity contribution in [1.29, 1.82) is 5.26 Å². The zero-order valence-corrected chi connectivity index (χ0v) is 11.8. The van der Waals surface area contributed by atoms with Gasteiger partial charge in [-0.15, -0.1) is 11.3 Å². The Hall–Kier alpha value is -2.30. The Balaban J connectivity index is 1.99. The molecule has 1 saturated heterocycles. The lowest BCUT2D eigenvalue weighted by Gasteiger charge is -2.08. The molecule has 0 radical (unpaired) electrons. The lowest BCUT2D eigenvalue weighted by Crippen LogP contribution is -2.23. The smallest absolute Gasteiger partial charge is 0.246 e. The molecule has 1 N–H and O–H groups in total. The van der Waals surface area contributed by atoms with Gasteiger partial charge in [-0.2, -0.15) is 5.26 Å². The van der Waals surface area contributed by atoms with Gasteiger partial charge < -0.3 is 10.2 Å². The molecule has 0 atom stereocenters. The Morgan fingerprint density at radius 1 is 1.55 bits per heavy atom. The van der Waals surface area contributed by atoms with Crippen molar-refractivity contribution in [1.82, 2.24) is 15.2 Å². The summed E-state index contributed by atoms with van der Waals surface area (Å²) in [6, 6.07) is 9.80. The highest BCUT2D eigenvalue weighted by atomic mass is 32.1. The molecule has 1 amide bonds. The minimum Gasteiger partial charge on any atom is -0.314 e. The number of amides is 1. The molecular formula is C13H8N4OS2. The van der Waals surface area contributed by atoms with Gasteiger partial charge >= 0.3 is 0 Å². The minimum absolute atomic E-state index is 0.134. The molecule has 1 fully saturated rings. The Morgan fingerprint density at radius 3 is 3.00 bits per heavy atom. The zero-order valence-electron chi connectivity index (χ0n) is 10.2. The molecule has 2 aromatic rings. The standard InChI is InChI=1S/C13H8N4OS2/c14-5-8(6-17-7-11(18)16-13(17)19)12-15-9-3-1-2-4-10(9)20-12/h1-4,6H,7H2,(H,16,18,19)/b8-6-. The number of carbonyl (C=O) groups is 1. The normalized spacial score (nSPS) is 15.6. The third-order valence-electron chi connectivity index (χ3n) is 2.75. The van der Waals surface area contributed by atoms with Crippen molar-refractivity contribution in [3.8, 4) is 6.07 Å². The third-order valence-corrected chi connectivity index (χ3v) is 4.16. The second-order valence-corrected chi connectivity index (χ2v) is 5.54. The maximum atomic E-state index is 11.2. The first-order valence-electron chi connectivity index (χ1n) is 5.75. The summed E-state index contributed by atoms with van der Waals surface area (Å²) in [6.07, 6.45) is 1.57. The largest absolute Gasteiger partial charge is 0.314 e. The van der Waals surface area contributed by atoms with Crippen LogP contribution >= 0.6 is 23.6 Å². The molecule has 1 aromatic heterocycles. The van der Waals surface area contributed by atoms with E-state index in [0.29, 0.717) is 15.7 Å². The van der Waals surface area contributed by atoms with Crippen molar-refractivity contribution in [2.45, 2.75) is 0 Å². The maximum absolute atomic E-state index is 11.2. The van der Waals surface area contributed by atoms with Crippen molar-refractivity contribution in [2.24, 2.45) is 0 Å². The van der Waals surface area contributed by atoms with Crippen LogP contribution in [0.3, 0.4) is 0 Å². The lowest BCUT2D eigenvalue weighted by atomic mass is 10.3. The highest BCUT2D eigenvalue weighted by molar-refractivity contribution is 7.80. The highest BCUT2D eigenvalue weighted by Crippen LogP contribution is 2.27. The molecule has 2 heterocycles. The molecule has 0 unspecified atom stereocenters. The molecule has 20 heavy (non-hydrogen) atoms. The molecule has 0 bridgehead atoms. The summed E-state index contributed by atoms with van der Waals surface area (Å²) in [5.41, 5.74) is 1.25. The number of benzene rings is 1. The molecule has 1 aliphatic rings. The SMILES string of the molecule is N#C/C(=C/N1CC(=O)NC1=S)c1nc2ccccc2s1. The predicted molar refractivity (Wildman–Crippen MR) is 80.7 cm³/mol. The lowest BCUT2D eigenvalue weighted by molar-refractivity contribution is -0.118. The van der Waals surface area contributed by atoms with E-state index in [1.807, 2.05) is 24.3 Å². The van der Waals surface area contributed by atoms with Gasteiger partial charge in [0.05, 0.1) is 10.2 Å². The van der Waals surface area contributed by atoms with Crippen LogP contribution in [0.5, 0.6) is 0 Å². The van der Waals surface area contributed by atoms with Crippen LogP contribution in [0.25, 0.3) is 15.8 Å². The van der Waals surface area contributed by atoms with Crippen molar-refractivity contribution < 1.29 is 4.79 Å². The van der Waals surface area contributed by atoms with Crippen molar-refractivity contribution in [3.05, 3.63) is 35.5 Å². The summed E-state index contributed by atoms with van der Waals surface area (Å²) in [6.45, 7) is 0.134. The number of nitrogens with zero attached hydrogens (tertiary/aromatic N) is 3. The Kier molecular flexibility index (Phi) is 3.18. The molecule has 98 valence electrons. The van der Waals surface area contributed by atoms with Crippen LogP contribution in [-0.4, -0.2) is 27.4 Å². The molecule has 3 rings (SSSR count). The van der Waals surface area contributed by atoms with E-state index >= 15 is 0 Å². The second-order valence-electron chi connectivity index (χ2n) is 4.12. The summed E-state index contributed by atoms with van der Waals surface area (Å²) >= 11 is 6.46. The number of nitrogens with one attached hydrogen (secondary N) is 1. The first-order valence-corrected chi connectivity index (χ1v) is 6.98. The summed E-state index contributed by atoms with van der Waals surface area (Å²) in [5.74, 6) is -0.173. The van der Waals surface area contributed by atoms with Crippen LogP contribution in [0, 0.1) is 11.3 Å².